The zero-order chi connectivity index (χ0) is 22.4. The monoisotopic (exact) mass is 480 g/mol. The van der Waals surface area contributed by atoms with Crippen LogP contribution < -0.4 is 10.0 Å². The van der Waals surface area contributed by atoms with Crippen molar-refractivity contribution in [3.8, 4) is 0 Å². The molecule has 1 aromatic heterocycles. The minimum absolute atomic E-state index is 0.241. The second-order valence-corrected chi connectivity index (χ2v) is 10.8. The fourth-order valence-corrected chi connectivity index (χ4v) is 5.81. The molecule has 0 unspecified atom stereocenters. The normalized spacial score (nSPS) is 11.1. The van der Waals surface area contributed by atoms with Gasteiger partial charge in [0.25, 0.3) is 15.9 Å². The Labute approximate surface area is 195 Å². The first-order valence-corrected chi connectivity index (χ1v) is 13.1. The highest BCUT2D eigenvalue weighted by Crippen LogP contribution is 2.24. The third-order valence-electron chi connectivity index (χ3n) is 4.52. The van der Waals surface area contributed by atoms with Crippen LogP contribution in [0.25, 0.3) is 0 Å². The summed E-state index contributed by atoms with van der Waals surface area (Å²) in [6, 6.07) is 27.5. The molecule has 32 heavy (non-hydrogen) atoms. The predicted octanol–water partition coefficient (Wildman–Crippen LogP) is 6.09. The summed E-state index contributed by atoms with van der Waals surface area (Å²) in [6.45, 7) is 0. The highest BCUT2D eigenvalue weighted by molar-refractivity contribution is 7.98. The zero-order valence-electron chi connectivity index (χ0n) is 16.9. The Morgan fingerprint density at radius 1 is 0.812 bits per heavy atom. The Morgan fingerprint density at radius 3 is 2.16 bits per heavy atom. The number of rotatable bonds is 8. The molecule has 162 valence electrons. The smallest absolute Gasteiger partial charge is 0.271 e. The quantitative estimate of drug-likeness (QED) is 0.299. The van der Waals surface area contributed by atoms with Crippen LogP contribution in [0.15, 0.2) is 105 Å². The highest BCUT2D eigenvalue weighted by atomic mass is 32.2. The van der Waals surface area contributed by atoms with E-state index in [-0.39, 0.29) is 10.1 Å². The van der Waals surface area contributed by atoms with Crippen molar-refractivity contribution in [1.82, 2.24) is 0 Å². The lowest BCUT2D eigenvalue weighted by atomic mass is 10.2. The van der Waals surface area contributed by atoms with Gasteiger partial charge in [-0.05, 0) is 65.5 Å². The molecule has 0 spiro atoms. The highest BCUT2D eigenvalue weighted by Gasteiger charge is 2.15. The van der Waals surface area contributed by atoms with Crippen molar-refractivity contribution in [2.24, 2.45) is 0 Å². The average Bonchev–Trinajstić information content (AvgIpc) is 3.36. The second kappa shape index (κ2) is 10.0. The van der Waals surface area contributed by atoms with Gasteiger partial charge in [0.1, 0.15) is 4.21 Å². The Hall–Kier alpha value is -3.07. The van der Waals surface area contributed by atoms with E-state index in [1.165, 1.54) is 10.5 Å². The number of hydrogen-bond acceptors (Lipinski definition) is 5. The van der Waals surface area contributed by atoms with E-state index in [9.17, 15) is 13.2 Å². The van der Waals surface area contributed by atoms with Crippen LogP contribution in [0.5, 0.6) is 0 Å². The first-order chi connectivity index (χ1) is 15.5. The van der Waals surface area contributed by atoms with Crippen LogP contribution in [0, 0.1) is 0 Å². The first kappa shape index (κ1) is 22.1. The van der Waals surface area contributed by atoms with E-state index in [1.807, 2.05) is 42.5 Å². The summed E-state index contributed by atoms with van der Waals surface area (Å²) in [4.78, 5) is 13.8. The number of nitrogens with one attached hydrogen (secondary N) is 2. The van der Waals surface area contributed by atoms with Gasteiger partial charge in [0.05, 0.1) is 0 Å². The number of thioether (sulfide) groups is 1. The molecular formula is C24H20N2O3S3. The SMILES string of the molecule is O=C(Nc1ccc(CSc2ccccc2)cc1)c1ccc(NS(=O)(=O)c2cccs2)cc1. The van der Waals surface area contributed by atoms with Crippen LogP contribution in [0.1, 0.15) is 15.9 Å². The summed E-state index contributed by atoms with van der Waals surface area (Å²) in [5, 5.41) is 4.57. The molecule has 1 amide bonds. The van der Waals surface area contributed by atoms with Gasteiger partial charge in [-0.3, -0.25) is 9.52 Å². The van der Waals surface area contributed by atoms with Gasteiger partial charge in [-0.25, -0.2) is 8.42 Å². The van der Waals surface area contributed by atoms with Crippen LogP contribution in [0.3, 0.4) is 0 Å². The zero-order valence-corrected chi connectivity index (χ0v) is 19.3. The summed E-state index contributed by atoms with van der Waals surface area (Å²) in [6.07, 6.45) is 0. The van der Waals surface area contributed by atoms with Crippen molar-refractivity contribution in [3.63, 3.8) is 0 Å². The number of carbonyl (C=O) groups is 1. The third-order valence-corrected chi connectivity index (χ3v) is 8.38. The molecule has 0 radical (unpaired) electrons. The van der Waals surface area contributed by atoms with E-state index in [4.69, 9.17) is 0 Å². The molecular weight excluding hydrogens is 460 g/mol. The van der Waals surface area contributed by atoms with Gasteiger partial charge in [0.15, 0.2) is 0 Å². The van der Waals surface area contributed by atoms with Crippen LogP contribution in [-0.4, -0.2) is 14.3 Å². The molecule has 4 aromatic rings. The molecule has 5 nitrogen and oxygen atoms in total. The van der Waals surface area contributed by atoms with Gasteiger partial charge in [-0.15, -0.1) is 23.1 Å². The van der Waals surface area contributed by atoms with Crippen LogP contribution in [0.4, 0.5) is 11.4 Å². The number of anilines is 2. The predicted molar refractivity (Wildman–Crippen MR) is 132 cm³/mol. The van der Waals surface area contributed by atoms with E-state index in [2.05, 4.69) is 22.2 Å². The number of amides is 1. The van der Waals surface area contributed by atoms with Gasteiger partial charge in [-0.2, -0.15) is 0 Å². The van der Waals surface area contributed by atoms with E-state index in [0.717, 1.165) is 17.1 Å². The molecule has 0 aliphatic carbocycles. The molecule has 4 rings (SSSR count). The Morgan fingerprint density at radius 2 is 1.50 bits per heavy atom. The summed E-state index contributed by atoms with van der Waals surface area (Å²) in [7, 11) is -3.61. The molecule has 0 atom stereocenters. The standard InChI is InChI=1S/C24H20N2O3S3/c27-24(19-10-14-21(15-11-19)26-32(28,29)23-7-4-16-30-23)25-20-12-8-18(9-13-20)17-31-22-5-2-1-3-6-22/h1-16,26H,17H2,(H,25,27). The van der Waals surface area contributed by atoms with Crippen molar-refractivity contribution < 1.29 is 13.2 Å². The average molecular weight is 481 g/mol. The van der Waals surface area contributed by atoms with E-state index in [0.29, 0.717) is 16.9 Å². The van der Waals surface area contributed by atoms with Crippen LogP contribution in [0.2, 0.25) is 0 Å². The molecule has 0 fully saturated rings. The molecule has 0 bridgehead atoms. The number of hydrogen-bond donors (Lipinski definition) is 2. The molecule has 8 heteroatoms. The first-order valence-electron chi connectivity index (χ1n) is 9.74. The Bertz CT molecular complexity index is 1270. The van der Waals surface area contributed by atoms with Crippen molar-refractivity contribution >= 4 is 50.4 Å². The number of sulfonamides is 1. The molecule has 0 saturated carbocycles. The summed E-state index contributed by atoms with van der Waals surface area (Å²) in [5.41, 5.74) is 2.70. The maximum absolute atomic E-state index is 12.5. The molecule has 0 aliphatic rings. The lowest BCUT2D eigenvalue weighted by Gasteiger charge is -2.09. The minimum Gasteiger partial charge on any atom is -0.322 e. The Balaban J connectivity index is 1.33. The molecule has 0 saturated heterocycles. The van der Waals surface area contributed by atoms with E-state index in [1.54, 1.807) is 53.5 Å². The van der Waals surface area contributed by atoms with Gasteiger partial charge in [-0.1, -0.05) is 36.4 Å². The second-order valence-electron chi connectivity index (χ2n) is 6.87. The minimum atomic E-state index is -3.61. The van der Waals surface area contributed by atoms with Crippen LogP contribution >= 0.6 is 23.1 Å². The van der Waals surface area contributed by atoms with Crippen LogP contribution in [-0.2, 0) is 15.8 Å². The fraction of sp³-hybridized carbons (Fsp3) is 0.0417. The summed E-state index contributed by atoms with van der Waals surface area (Å²) < 4.78 is 27.3. The number of carbonyl (C=O) groups excluding carboxylic acids is 1. The largest absolute Gasteiger partial charge is 0.322 e. The lowest BCUT2D eigenvalue weighted by Crippen LogP contribution is -2.13. The van der Waals surface area contributed by atoms with E-state index >= 15 is 0 Å². The fourth-order valence-electron chi connectivity index (χ4n) is 2.88. The van der Waals surface area contributed by atoms with Crippen molar-refractivity contribution in [2.75, 3.05) is 10.0 Å². The molecule has 0 aliphatic heterocycles. The maximum Gasteiger partial charge on any atom is 0.271 e. The maximum atomic E-state index is 12.5. The van der Waals surface area contributed by atoms with Gasteiger partial charge in [0.2, 0.25) is 0 Å². The molecule has 3 aromatic carbocycles. The van der Waals surface area contributed by atoms with Gasteiger partial charge in [0, 0.05) is 27.6 Å². The van der Waals surface area contributed by atoms with E-state index < -0.39 is 10.0 Å². The van der Waals surface area contributed by atoms with Crippen molar-refractivity contribution in [3.05, 3.63) is 108 Å². The molecule has 1 heterocycles. The Kier molecular flexibility index (Phi) is 6.94. The molecule has 2 N–H and O–H groups in total. The van der Waals surface area contributed by atoms with Gasteiger partial charge >= 0.3 is 0 Å². The lowest BCUT2D eigenvalue weighted by molar-refractivity contribution is 0.102. The van der Waals surface area contributed by atoms with Crippen molar-refractivity contribution in [2.45, 2.75) is 14.9 Å². The van der Waals surface area contributed by atoms with Crippen molar-refractivity contribution in [1.29, 1.82) is 0 Å². The summed E-state index contributed by atoms with van der Waals surface area (Å²) in [5.74, 6) is 0.588. The topological polar surface area (TPSA) is 75.3 Å². The summed E-state index contributed by atoms with van der Waals surface area (Å²) >= 11 is 2.90. The third kappa shape index (κ3) is 5.79. The number of thiophene rings is 1. The van der Waals surface area contributed by atoms with Gasteiger partial charge < -0.3 is 5.32 Å². The number of benzene rings is 3.